The number of benzene rings is 2. The van der Waals surface area contributed by atoms with Gasteiger partial charge >= 0.3 is 5.97 Å². The van der Waals surface area contributed by atoms with Gasteiger partial charge in [-0.1, -0.05) is 86.5 Å². The number of hydrogen-bond acceptors (Lipinski definition) is 5. The number of azide groups is 1. The molecule has 3 rings (SSSR count). The number of esters is 1. The van der Waals surface area contributed by atoms with E-state index in [0.29, 0.717) is 0 Å². The Morgan fingerprint density at radius 1 is 1.17 bits per heavy atom. The molecule has 0 unspecified atom stereocenters. The Balaban J connectivity index is 2.04. The normalized spacial score (nSPS) is 20.3. The van der Waals surface area contributed by atoms with Crippen molar-refractivity contribution in [2.75, 3.05) is 6.61 Å². The van der Waals surface area contributed by atoms with Gasteiger partial charge in [-0.2, -0.15) is 0 Å². The monoisotopic (exact) mass is 425 g/mol. The molecule has 1 heterocycles. The van der Waals surface area contributed by atoms with Crippen LogP contribution in [0, 0.1) is 0 Å². The molecule has 3 atom stereocenters. The number of hydrogen-bond donors (Lipinski definition) is 1. The van der Waals surface area contributed by atoms with Crippen LogP contribution in [0.5, 0.6) is 0 Å². The SMILES string of the molecule is CC(C)(C)[Si](OC[C@@H](N=[N+]=[N-])[C@H]1OC(=O)C[C@@H]1O)(c1ccccc1)c1ccccc1. The highest BCUT2D eigenvalue weighted by Gasteiger charge is 2.51. The fourth-order valence-electron chi connectivity index (χ4n) is 4.13. The molecule has 0 spiro atoms. The van der Waals surface area contributed by atoms with Crippen LogP contribution in [0.2, 0.25) is 5.04 Å². The first-order valence-electron chi connectivity index (χ1n) is 9.96. The summed E-state index contributed by atoms with van der Waals surface area (Å²) < 4.78 is 12.0. The number of rotatable bonds is 7. The molecular weight excluding hydrogens is 398 g/mol. The summed E-state index contributed by atoms with van der Waals surface area (Å²) in [6.45, 7) is 6.47. The summed E-state index contributed by atoms with van der Waals surface area (Å²) in [6.07, 6.45) is -2.04. The second kappa shape index (κ2) is 9.02. The van der Waals surface area contributed by atoms with Gasteiger partial charge < -0.3 is 14.3 Å². The fourth-order valence-corrected chi connectivity index (χ4v) is 8.71. The topological polar surface area (TPSA) is 105 Å². The number of carbonyl (C=O) groups excluding carboxylic acids is 1. The van der Waals surface area contributed by atoms with Gasteiger partial charge in [0.1, 0.15) is 12.2 Å². The zero-order valence-corrected chi connectivity index (χ0v) is 18.4. The molecule has 2 aromatic carbocycles. The molecule has 7 nitrogen and oxygen atoms in total. The van der Waals surface area contributed by atoms with E-state index in [-0.39, 0.29) is 18.1 Å². The van der Waals surface area contributed by atoms with Crippen molar-refractivity contribution in [3.63, 3.8) is 0 Å². The van der Waals surface area contributed by atoms with E-state index in [0.717, 1.165) is 10.4 Å². The van der Waals surface area contributed by atoms with Crippen molar-refractivity contribution in [1.29, 1.82) is 0 Å². The smallest absolute Gasteiger partial charge is 0.308 e. The van der Waals surface area contributed by atoms with E-state index in [1.807, 2.05) is 36.4 Å². The van der Waals surface area contributed by atoms with Gasteiger partial charge in [0.25, 0.3) is 8.32 Å². The van der Waals surface area contributed by atoms with Gasteiger partial charge in [0.05, 0.1) is 12.5 Å². The summed E-state index contributed by atoms with van der Waals surface area (Å²) in [5.74, 6) is -0.504. The average Bonchev–Trinajstić information content (AvgIpc) is 3.06. The van der Waals surface area contributed by atoms with E-state index in [1.54, 1.807) is 0 Å². The van der Waals surface area contributed by atoms with Crippen LogP contribution in [0.4, 0.5) is 0 Å². The van der Waals surface area contributed by atoms with Crippen LogP contribution in [0.25, 0.3) is 10.4 Å². The average molecular weight is 426 g/mol. The summed E-state index contributed by atoms with van der Waals surface area (Å²) in [7, 11) is -2.84. The van der Waals surface area contributed by atoms with Crippen molar-refractivity contribution < 1.29 is 19.1 Å². The Morgan fingerprint density at radius 3 is 2.10 bits per heavy atom. The van der Waals surface area contributed by atoms with E-state index in [4.69, 9.17) is 14.7 Å². The maximum atomic E-state index is 11.6. The Labute approximate surface area is 177 Å². The Bertz CT molecular complexity index is 871. The highest BCUT2D eigenvalue weighted by atomic mass is 28.4. The second-order valence-electron chi connectivity index (χ2n) is 8.47. The van der Waals surface area contributed by atoms with Crippen molar-refractivity contribution in [2.24, 2.45) is 5.11 Å². The van der Waals surface area contributed by atoms with Crippen LogP contribution in [0.3, 0.4) is 0 Å². The summed E-state index contributed by atoms with van der Waals surface area (Å²) >= 11 is 0. The number of cyclic esters (lactones) is 1. The molecule has 1 saturated heterocycles. The lowest BCUT2D eigenvalue weighted by molar-refractivity contribution is -0.142. The molecule has 1 aliphatic heterocycles. The minimum atomic E-state index is -2.84. The van der Waals surface area contributed by atoms with Crippen LogP contribution < -0.4 is 10.4 Å². The summed E-state index contributed by atoms with van der Waals surface area (Å²) in [5, 5.41) is 15.9. The van der Waals surface area contributed by atoms with Gasteiger partial charge in [-0.15, -0.1) is 0 Å². The van der Waals surface area contributed by atoms with Gasteiger partial charge in [-0.3, -0.25) is 4.79 Å². The summed E-state index contributed by atoms with van der Waals surface area (Å²) in [5.41, 5.74) is 9.06. The summed E-state index contributed by atoms with van der Waals surface area (Å²) in [4.78, 5) is 14.5. The molecule has 1 N–H and O–H groups in total. The third-order valence-corrected chi connectivity index (χ3v) is 10.5. The molecule has 0 saturated carbocycles. The number of carbonyl (C=O) groups is 1. The predicted octanol–water partition coefficient (Wildman–Crippen LogP) is 2.92. The Morgan fingerprint density at radius 2 is 1.70 bits per heavy atom. The highest BCUT2D eigenvalue weighted by Crippen LogP contribution is 2.37. The molecule has 30 heavy (non-hydrogen) atoms. The number of ether oxygens (including phenoxy) is 1. The minimum Gasteiger partial charge on any atom is -0.459 e. The minimum absolute atomic E-state index is 0.0341. The standard InChI is InChI=1S/C22H27N3O4Si/c1-22(2,3)30(16-10-6-4-7-11-16,17-12-8-5-9-13-17)28-15-18(24-25-23)21-19(26)14-20(27)29-21/h4-13,18-19,21,26H,14-15H2,1-3H3/t18-,19+,21-/m1/s1. The molecule has 158 valence electrons. The van der Waals surface area contributed by atoms with E-state index in [2.05, 4.69) is 55.1 Å². The number of aliphatic hydroxyl groups excluding tert-OH is 1. The van der Waals surface area contributed by atoms with Crippen molar-refractivity contribution in [1.82, 2.24) is 0 Å². The van der Waals surface area contributed by atoms with Crippen molar-refractivity contribution in [3.05, 3.63) is 71.1 Å². The van der Waals surface area contributed by atoms with Gasteiger partial charge in [0.2, 0.25) is 0 Å². The van der Waals surface area contributed by atoms with Crippen LogP contribution in [0.1, 0.15) is 27.2 Å². The fraction of sp³-hybridized carbons (Fsp3) is 0.409. The molecule has 1 fully saturated rings. The van der Waals surface area contributed by atoms with Crippen molar-refractivity contribution in [3.8, 4) is 0 Å². The zero-order chi connectivity index (χ0) is 21.8. The van der Waals surface area contributed by atoms with Crippen LogP contribution in [-0.2, 0) is 14.0 Å². The first-order valence-corrected chi connectivity index (χ1v) is 11.9. The van der Waals surface area contributed by atoms with E-state index >= 15 is 0 Å². The lowest BCUT2D eigenvalue weighted by Gasteiger charge is -2.43. The Kier molecular flexibility index (Phi) is 6.63. The second-order valence-corrected chi connectivity index (χ2v) is 12.8. The van der Waals surface area contributed by atoms with E-state index < -0.39 is 32.5 Å². The van der Waals surface area contributed by atoms with Crippen LogP contribution in [0.15, 0.2) is 65.8 Å². The summed E-state index contributed by atoms with van der Waals surface area (Å²) in [6, 6.07) is 19.3. The third kappa shape index (κ3) is 4.27. The molecule has 1 aliphatic rings. The van der Waals surface area contributed by atoms with Crippen molar-refractivity contribution >= 4 is 24.7 Å². The van der Waals surface area contributed by atoms with Gasteiger partial charge in [0.15, 0.2) is 0 Å². The van der Waals surface area contributed by atoms with E-state index in [1.165, 1.54) is 0 Å². The third-order valence-electron chi connectivity index (χ3n) is 5.49. The molecule has 0 bridgehead atoms. The van der Waals surface area contributed by atoms with Gasteiger partial charge in [-0.05, 0) is 20.9 Å². The molecular formula is C22H27N3O4Si. The number of nitrogens with zero attached hydrogens (tertiary/aromatic N) is 3. The lowest BCUT2D eigenvalue weighted by Crippen LogP contribution is -2.67. The Hall–Kier alpha value is -2.64. The van der Waals surface area contributed by atoms with Gasteiger partial charge in [0, 0.05) is 11.5 Å². The van der Waals surface area contributed by atoms with E-state index in [9.17, 15) is 9.90 Å². The van der Waals surface area contributed by atoms with Crippen LogP contribution in [-0.4, -0.2) is 44.2 Å². The molecule has 0 amide bonds. The maximum absolute atomic E-state index is 11.6. The lowest BCUT2D eigenvalue weighted by atomic mass is 10.1. The largest absolute Gasteiger partial charge is 0.459 e. The molecule has 0 radical (unpaired) electrons. The van der Waals surface area contributed by atoms with Gasteiger partial charge in [-0.25, -0.2) is 0 Å². The first kappa shape index (κ1) is 22.1. The highest BCUT2D eigenvalue weighted by molar-refractivity contribution is 6.99. The zero-order valence-electron chi connectivity index (χ0n) is 17.4. The molecule has 8 heteroatoms. The molecule has 2 aromatic rings. The molecule has 0 aliphatic carbocycles. The first-order chi connectivity index (χ1) is 14.3. The maximum Gasteiger partial charge on any atom is 0.308 e. The number of aliphatic hydroxyl groups is 1. The van der Waals surface area contributed by atoms with Crippen molar-refractivity contribution in [2.45, 2.75) is 50.5 Å². The van der Waals surface area contributed by atoms with Crippen LogP contribution >= 0.6 is 0 Å². The predicted molar refractivity (Wildman–Crippen MR) is 117 cm³/mol. The molecule has 0 aromatic heterocycles. The quantitative estimate of drug-likeness (QED) is 0.242.